The Bertz CT molecular complexity index is 697. The molecule has 1 aliphatic heterocycles. The Morgan fingerprint density at radius 1 is 1.16 bits per heavy atom. The number of benzene rings is 2. The van der Waals surface area contributed by atoms with E-state index in [1.54, 1.807) is 0 Å². The zero-order valence-corrected chi connectivity index (χ0v) is 16.0. The van der Waals surface area contributed by atoms with Crippen LogP contribution in [0.1, 0.15) is 29.1 Å². The molecule has 2 aromatic rings. The lowest BCUT2D eigenvalue weighted by molar-refractivity contribution is -0.118. The van der Waals surface area contributed by atoms with Gasteiger partial charge in [0.1, 0.15) is 5.75 Å². The third-order valence-corrected chi connectivity index (χ3v) is 6.98. The number of aryl methyl sites for hydroxylation is 1. The Kier molecular flexibility index (Phi) is 6.70. The highest BCUT2D eigenvalue weighted by Gasteiger charge is 2.16. The molecule has 1 saturated heterocycles. The van der Waals surface area contributed by atoms with Gasteiger partial charge in [-0.2, -0.15) is 0 Å². The van der Waals surface area contributed by atoms with Crippen molar-refractivity contribution >= 4 is 35.1 Å². The Morgan fingerprint density at radius 2 is 1.92 bits per heavy atom. The molecule has 2 aromatic carbocycles. The summed E-state index contributed by atoms with van der Waals surface area (Å²) in [5.74, 6) is 3.05. The van der Waals surface area contributed by atoms with Crippen molar-refractivity contribution < 1.29 is 9.53 Å². The van der Waals surface area contributed by atoms with E-state index < -0.39 is 0 Å². The van der Waals surface area contributed by atoms with Crippen LogP contribution in [0, 0.1) is 0 Å². The highest BCUT2D eigenvalue weighted by molar-refractivity contribution is 8.16. The molecule has 1 aliphatic rings. The highest BCUT2D eigenvalue weighted by Crippen LogP contribution is 2.43. The zero-order valence-electron chi connectivity index (χ0n) is 14.4. The molecule has 3 nitrogen and oxygen atoms in total. The van der Waals surface area contributed by atoms with Crippen molar-refractivity contribution in [2.45, 2.75) is 24.3 Å². The number of hydrogen-bond acceptors (Lipinski definition) is 4. The second-order valence-electron chi connectivity index (χ2n) is 5.89. The first-order valence-electron chi connectivity index (χ1n) is 8.59. The van der Waals surface area contributed by atoms with Crippen LogP contribution in [0.15, 0.2) is 48.5 Å². The van der Waals surface area contributed by atoms with Crippen LogP contribution < -0.4 is 10.1 Å². The number of anilines is 1. The summed E-state index contributed by atoms with van der Waals surface area (Å²) in [5, 5.41) is 2.88. The van der Waals surface area contributed by atoms with Gasteiger partial charge in [-0.3, -0.25) is 4.79 Å². The minimum Gasteiger partial charge on any atom is -0.484 e. The molecule has 1 amide bonds. The van der Waals surface area contributed by atoms with Gasteiger partial charge in [-0.05, 0) is 59.7 Å². The zero-order chi connectivity index (χ0) is 17.5. The second-order valence-corrected chi connectivity index (χ2v) is 8.61. The standard InChI is InChI=1S/C20H23NO2S2/c1-2-15-5-3-6-17(13-15)21-19(22)14-23-18-9-7-16(8-10-18)20-24-11-4-12-25-20/h3,5-10,13,20H,2,4,11-12,14H2,1H3,(H,21,22). The molecule has 1 heterocycles. The number of carbonyl (C=O) groups is 1. The maximum atomic E-state index is 12.1. The van der Waals surface area contributed by atoms with Gasteiger partial charge in [0, 0.05) is 5.69 Å². The van der Waals surface area contributed by atoms with E-state index in [0.29, 0.717) is 4.58 Å². The quantitative estimate of drug-likeness (QED) is 0.761. The summed E-state index contributed by atoms with van der Waals surface area (Å²) in [4.78, 5) is 12.1. The maximum absolute atomic E-state index is 12.1. The van der Waals surface area contributed by atoms with Gasteiger partial charge in [-0.1, -0.05) is 31.2 Å². The Hall–Kier alpha value is -1.59. The van der Waals surface area contributed by atoms with E-state index in [0.717, 1.165) is 17.9 Å². The van der Waals surface area contributed by atoms with Crippen molar-refractivity contribution in [2.24, 2.45) is 0 Å². The van der Waals surface area contributed by atoms with Crippen molar-refractivity contribution in [3.63, 3.8) is 0 Å². The third-order valence-electron chi connectivity index (χ3n) is 3.97. The molecule has 0 unspecified atom stereocenters. The van der Waals surface area contributed by atoms with Crippen molar-refractivity contribution in [1.29, 1.82) is 0 Å². The normalized spacial score (nSPS) is 14.9. The van der Waals surface area contributed by atoms with Gasteiger partial charge in [-0.15, -0.1) is 23.5 Å². The molecule has 1 fully saturated rings. The monoisotopic (exact) mass is 373 g/mol. The predicted octanol–water partition coefficient (Wildman–Crippen LogP) is 5.14. The molecule has 25 heavy (non-hydrogen) atoms. The lowest BCUT2D eigenvalue weighted by Gasteiger charge is -2.21. The van der Waals surface area contributed by atoms with Crippen LogP contribution >= 0.6 is 23.5 Å². The van der Waals surface area contributed by atoms with Crippen LogP contribution in [0.25, 0.3) is 0 Å². The van der Waals surface area contributed by atoms with Crippen LogP contribution in [0.4, 0.5) is 5.69 Å². The molecule has 0 atom stereocenters. The molecule has 1 N–H and O–H groups in total. The van der Waals surface area contributed by atoms with Crippen LogP contribution in [0.2, 0.25) is 0 Å². The molecular weight excluding hydrogens is 350 g/mol. The number of nitrogens with one attached hydrogen (secondary N) is 1. The number of thioether (sulfide) groups is 2. The van der Waals surface area contributed by atoms with Crippen molar-refractivity contribution in [1.82, 2.24) is 0 Å². The van der Waals surface area contributed by atoms with E-state index in [1.165, 1.54) is 29.1 Å². The first-order chi connectivity index (χ1) is 12.2. The maximum Gasteiger partial charge on any atom is 0.262 e. The van der Waals surface area contributed by atoms with Gasteiger partial charge < -0.3 is 10.1 Å². The Labute approximate surface area is 157 Å². The van der Waals surface area contributed by atoms with Crippen LogP contribution in [-0.2, 0) is 11.2 Å². The summed E-state index contributed by atoms with van der Waals surface area (Å²) in [6.07, 6.45) is 2.24. The fourth-order valence-electron chi connectivity index (χ4n) is 2.62. The van der Waals surface area contributed by atoms with Gasteiger partial charge in [0.05, 0.1) is 4.58 Å². The number of carbonyl (C=O) groups excluding carboxylic acids is 1. The molecule has 132 valence electrons. The van der Waals surface area contributed by atoms with Gasteiger partial charge in [0.2, 0.25) is 0 Å². The molecule has 0 saturated carbocycles. The summed E-state index contributed by atoms with van der Waals surface area (Å²) >= 11 is 4.01. The summed E-state index contributed by atoms with van der Waals surface area (Å²) in [5.41, 5.74) is 3.34. The summed E-state index contributed by atoms with van der Waals surface area (Å²) < 4.78 is 6.14. The lowest BCUT2D eigenvalue weighted by Crippen LogP contribution is -2.20. The van der Waals surface area contributed by atoms with Gasteiger partial charge in [0.25, 0.3) is 5.91 Å². The van der Waals surface area contributed by atoms with Crippen molar-refractivity contribution in [3.05, 3.63) is 59.7 Å². The van der Waals surface area contributed by atoms with Gasteiger partial charge in [0.15, 0.2) is 6.61 Å². The van der Waals surface area contributed by atoms with E-state index in [9.17, 15) is 4.79 Å². The lowest BCUT2D eigenvalue weighted by atomic mass is 10.1. The van der Waals surface area contributed by atoms with Gasteiger partial charge >= 0.3 is 0 Å². The van der Waals surface area contributed by atoms with E-state index in [4.69, 9.17) is 4.74 Å². The van der Waals surface area contributed by atoms with Crippen molar-refractivity contribution in [2.75, 3.05) is 23.4 Å². The minimum absolute atomic E-state index is 0.0165. The molecule has 0 bridgehead atoms. The smallest absolute Gasteiger partial charge is 0.262 e. The van der Waals surface area contributed by atoms with E-state index in [-0.39, 0.29) is 12.5 Å². The molecule has 0 radical (unpaired) electrons. The van der Waals surface area contributed by atoms with Crippen LogP contribution in [0.5, 0.6) is 5.75 Å². The highest BCUT2D eigenvalue weighted by atomic mass is 32.2. The fraction of sp³-hybridized carbons (Fsp3) is 0.350. The van der Waals surface area contributed by atoms with E-state index in [2.05, 4.69) is 30.4 Å². The summed E-state index contributed by atoms with van der Waals surface area (Å²) in [7, 11) is 0. The molecule has 0 aliphatic carbocycles. The first-order valence-corrected chi connectivity index (χ1v) is 10.7. The van der Waals surface area contributed by atoms with Gasteiger partial charge in [-0.25, -0.2) is 0 Å². The Morgan fingerprint density at radius 3 is 2.64 bits per heavy atom. The van der Waals surface area contributed by atoms with E-state index >= 15 is 0 Å². The van der Waals surface area contributed by atoms with E-state index in [1.807, 2.05) is 53.9 Å². The number of ether oxygens (including phenoxy) is 1. The third kappa shape index (κ3) is 5.44. The largest absolute Gasteiger partial charge is 0.484 e. The first kappa shape index (κ1) is 18.2. The average molecular weight is 374 g/mol. The minimum atomic E-state index is -0.143. The summed E-state index contributed by atoms with van der Waals surface area (Å²) in [6, 6.07) is 16.0. The molecular formula is C20H23NO2S2. The number of amides is 1. The topological polar surface area (TPSA) is 38.3 Å². The number of rotatable bonds is 6. The average Bonchev–Trinajstić information content (AvgIpc) is 2.67. The Balaban J connectivity index is 1.49. The van der Waals surface area contributed by atoms with Crippen molar-refractivity contribution in [3.8, 4) is 5.75 Å². The van der Waals surface area contributed by atoms with Crippen LogP contribution in [-0.4, -0.2) is 24.0 Å². The van der Waals surface area contributed by atoms with Crippen LogP contribution in [0.3, 0.4) is 0 Å². The SMILES string of the molecule is CCc1cccc(NC(=O)COc2ccc(C3SCCCS3)cc2)c1. The second kappa shape index (κ2) is 9.20. The predicted molar refractivity (Wildman–Crippen MR) is 109 cm³/mol. The number of hydrogen-bond donors (Lipinski definition) is 1. The molecule has 0 aromatic heterocycles. The molecule has 3 rings (SSSR count). The molecule has 0 spiro atoms. The summed E-state index contributed by atoms with van der Waals surface area (Å²) in [6.45, 7) is 2.11. The molecule has 5 heteroatoms. The fourth-order valence-corrected chi connectivity index (χ4v) is 5.51.